The number of ether oxygens (including phenoxy) is 2. The number of guanidine groups is 1. The molecule has 2 aliphatic rings. The number of rotatable bonds is 7. The molecular weight excluding hydrogens is 340 g/mol. The van der Waals surface area contributed by atoms with Crippen molar-refractivity contribution in [3.63, 3.8) is 0 Å². The Labute approximate surface area is 163 Å². The van der Waals surface area contributed by atoms with Gasteiger partial charge in [0.05, 0.1) is 13.7 Å². The molecule has 1 aromatic rings. The highest BCUT2D eigenvalue weighted by Gasteiger charge is 2.27. The van der Waals surface area contributed by atoms with Gasteiger partial charge in [0.25, 0.3) is 0 Å². The summed E-state index contributed by atoms with van der Waals surface area (Å²) in [7, 11) is 3.53. The van der Waals surface area contributed by atoms with Gasteiger partial charge in [-0.15, -0.1) is 0 Å². The molecule has 150 valence electrons. The van der Waals surface area contributed by atoms with E-state index in [0.29, 0.717) is 0 Å². The van der Waals surface area contributed by atoms with E-state index < -0.39 is 0 Å². The van der Waals surface area contributed by atoms with Gasteiger partial charge < -0.3 is 24.6 Å². The van der Waals surface area contributed by atoms with Crippen molar-refractivity contribution in [3.05, 3.63) is 24.3 Å². The van der Waals surface area contributed by atoms with Crippen molar-refractivity contribution < 1.29 is 9.47 Å². The van der Waals surface area contributed by atoms with Crippen molar-refractivity contribution >= 4 is 5.96 Å². The number of nitrogens with zero attached hydrogens (tertiary/aromatic N) is 3. The van der Waals surface area contributed by atoms with Crippen molar-refractivity contribution in [2.75, 3.05) is 53.4 Å². The first-order valence-corrected chi connectivity index (χ1v) is 10.2. The van der Waals surface area contributed by atoms with Gasteiger partial charge in [-0.3, -0.25) is 4.99 Å². The fraction of sp³-hybridized carbons (Fsp3) is 0.667. The van der Waals surface area contributed by atoms with Crippen molar-refractivity contribution in [2.24, 2.45) is 10.9 Å². The SMILES string of the molecule is CN=C(NCC(C)Oc1cccc(OC)c1)N1CCC(CN2CCCC2)C1. The topological polar surface area (TPSA) is 49.3 Å². The van der Waals surface area contributed by atoms with E-state index in [1.807, 2.05) is 31.3 Å². The van der Waals surface area contributed by atoms with Gasteiger partial charge in [0.15, 0.2) is 5.96 Å². The third kappa shape index (κ3) is 5.76. The van der Waals surface area contributed by atoms with Crippen LogP contribution in [0.25, 0.3) is 0 Å². The summed E-state index contributed by atoms with van der Waals surface area (Å²) in [5, 5.41) is 3.48. The molecule has 0 aromatic heterocycles. The molecule has 0 saturated carbocycles. The minimum atomic E-state index is 0.0388. The number of hydrogen-bond acceptors (Lipinski definition) is 4. The molecule has 1 N–H and O–H groups in total. The van der Waals surface area contributed by atoms with Gasteiger partial charge in [0.1, 0.15) is 17.6 Å². The minimum absolute atomic E-state index is 0.0388. The van der Waals surface area contributed by atoms with E-state index in [0.717, 1.165) is 43.0 Å². The van der Waals surface area contributed by atoms with Crippen LogP contribution in [0.4, 0.5) is 0 Å². The van der Waals surface area contributed by atoms with Crippen LogP contribution in [0, 0.1) is 5.92 Å². The summed E-state index contributed by atoms with van der Waals surface area (Å²) in [5.74, 6) is 3.38. The molecule has 6 nitrogen and oxygen atoms in total. The zero-order chi connectivity index (χ0) is 19.1. The minimum Gasteiger partial charge on any atom is -0.497 e. The maximum Gasteiger partial charge on any atom is 0.193 e. The van der Waals surface area contributed by atoms with Gasteiger partial charge in [-0.25, -0.2) is 0 Å². The van der Waals surface area contributed by atoms with Crippen LogP contribution in [0.1, 0.15) is 26.2 Å². The molecule has 0 spiro atoms. The standard InChI is InChI=1S/C21H34N4O2/c1-17(27-20-8-6-7-19(13-20)26-3)14-23-21(22-2)25-12-9-18(16-25)15-24-10-4-5-11-24/h6-8,13,17-18H,4-5,9-12,14-16H2,1-3H3,(H,22,23). The lowest BCUT2D eigenvalue weighted by molar-refractivity contribution is 0.221. The molecule has 2 atom stereocenters. The first-order chi connectivity index (χ1) is 13.2. The second-order valence-corrected chi connectivity index (χ2v) is 7.64. The number of benzene rings is 1. The Bertz CT molecular complexity index is 616. The van der Waals surface area contributed by atoms with Crippen molar-refractivity contribution in [1.82, 2.24) is 15.1 Å². The first kappa shape index (κ1) is 19.8. The van der Waals surface area contributed by atoms with E-state index >= 15 is 0 Å². The second kappa shape index (κ2) is 9.83. The molecule has 0 bridgehead atoms. The first-order valence-electron chi connectivity index (χ1n) is 10.2. The monoisotopic (exact) mass is 374 g/mol. The van der Waals surface area contributed by atoms with Gasteiger partial charge >= 0.3 is 0 Å². The summed E-state index contributed by atoms with van der Waals surface area (Å²) >= 11 is 0. The molecule has 2 fully saturated rings. The Hall–Kier alpha value is -1.95. The van der Waals surface area contributed by atoms with Crippen LogP contribution in [-0.2, 0) is 0 Å². The summed E-state index contributed by atoms with van der Waals surface area (Å²) in [6.07, 6.45) is 4.03. The van der Waals surface area contributed by atoms with Crippen molar-refractivity contribution in [1.29, 1.82) is 0 Å². The second-order valence-electron chi connectivity index (χ2n) is 7.64. The van der Waals surface area contributed by atoms with E-state index in [-0.39, 0.29) is 6.10 Å². The molecule has 2 saturated heterocycles. The zero-order valence-corrected chi connectivity index (χ0v) is 17.0. The maximum atomic E-state index is 6.00. The highest BCUT2D eigenvalue weighted by molar-refractivity contribution is 5.80. The molecule has 2 unspecified atom stereocenters. The smallest absolute Gasteiger partial charge is 0.193 e. The van der Waals surface area contributed by atoms with E-state index in [2.05, 4.69) is 27.0 Å². The Morgan fingerprint density at radius 3 is 2.78 bits per heavy atom. The van der Waals surface area contributed by atoms with E-state index in [4.69, 9.17) is 9.47 Å². The lowest BCUT2D eigenvalue weighted by Crippen LogP contribution is -2.44. The Morgan fingerprint density at radius 1 is 1.26 bits per heavy atom. The fourth-order valence-corrected chi connectivity index (χ4v) is 4.02. The fourth-order valence-electron chi connectivity index (χ4n) is 4.02. The largest absolute Gasteiger partial charge is 0.497 e. The van der Waals surface area contributed by atoms with E-state index in [9.17, 15) is 0 Å². The molecule has 2 aliphatic heterocycles. The molecule has 6 heteroatoms. The average molecular weight is 375 g/mol. The normalized spacial score (nSPS) is 22.1. The Kier molecular flexibility index (Phi) is 7.21. The van der Waals surface area contributed by atoms with Crippen LogP contribution >= 0.6 is 0 Å². The quantitative estimate of drug-likeness (QED) is 0.587. The molecular formula is C21H34N4O2. The van der Waals surface area contributed by atoms with Crippen molar-refractivity contribution in [3.8, 4) is 11.5 Å². The van der Waals surface area contributed by atoms with Gasteiger partial charge in [0, 0.05) is 32.7 Å². The van der Waals surface area contributed by atoms with Crippen LogP contribution in [0.3, 0.4) is 0 Å². The highest BCUT2D eigenvalue weighted by atomic mass is 16.5. The predicted octanol–water partition coefficient (Wildman–Crippen LogP) is 2.46. The van der Waals surface area contributed by atoms with Gasteiger partial charge in [-0.2, -0.15) is 0 Å². The van der Waals surface area contributed by atoms with Crippen LogP contribution in [0.2, 0.25) is 0 Å². The van der Waals surface area contributed by atoms with Crippen LogP contribution in [0.15, 0.2) is 29.3 Å². The van der Waals surface area contributed by atoms with Crippen LogP contribution < -0.4 is 14.8 Å². The van der Waals surface area contributed by atoms with Crippen LogP contribution in [-0.4, -0.2) is 75.3 Å². The molecule has 1 aromatic carbocycles. The number of methoxy groups -OCH3 is 1. The van der Waals surface area contributed by atoms with E-state index in [1.165, 1.54) is 38.9 Å². The lowest BCUT2D eigenvalue weighted by atomic mass is 10.1. The van der Waals surface area contributed by atoms with Gasteiger partial charge in [0.2, 0.25) is 0 Å². The van der Waals surface area contributed by atoms with Crippen LogP contribution in [0.5, 0.6) is 11.5 Å². The number of hydrogen-bond donors (Lipinski definition) is 1. The number of likely N-dealkylation sites (tertiary alicyclic amines) is 2. The molecule has 0 amide bonds. The summed E-state index contributed by atoms with van der Waals surface area (Å²) in [6.45, 7) is 8.77. The summed E-state index contributed by atoms with van der Waals surface area (Å²) in [5.41, 5.74) is 0. The summed E-state index contributed by atoms with van der Waals surface area (Å²) < 4.78 is 11.3. The Morgan fingerprint density at radius 2 is 2.04 bits per heavy atom. The molecule has 27 heavy (non-hydrogen) atoms. The maximum absolute atomic E-state index is 6.00. The molecule has 0 aliphatic carbocycles. The molecule has 0 radical (unpaired) electrons. The van der Waals surface area contributed by atoms with Gasteiger partial charge in [-0.05, 0) is 57.3 Å². The number of nitrogens with one attached hydrogen (secondary N) is 1. The van der Waals surface area contributed by atoms with E-state index in [1.54, 1.807) is 7.11 Å². The average Bonchev–Trinajstić information content (AvgIpc) is 3.35. The molecule has 2 heterocycles. The lowest BCUT2D eigenvalue weighted by Gasteiger charge is -2.24. The Balaban J connectivity index is 1.43. The zero-order valence-electron chi connectivity index (χ0n) is 17.0. The predicted molar refractivity (Wildman–Crippen MR) is 110 cm³/mol. The summed E-state index contributed by atoms with van der Waals surface area (Å²) in [6, 6.07) is 7.73. The third-order valence-corrected chi connectivity index (χ3v) is 5.44. The van der Waals surface area contributed by atoms with Crippen molar-refractivity contribution in [2.45, 2.75) is 32.3 Å². The highest BCUT2D eigenvalue weighted by Crippen LogP contribution is 2.21. The third-order valence-electron chi connectivity index (χ3n) is 5.44. The number of aliphatic imine (C=N–C) groups is 1. The summed E-state index contributed by atoms with van der Waals surface area (Å²) in [4.78, 5) is 9.49. The van der Waals surface area contributed by atoms with Gasteiger partial charge in [-0.1, -0.05) is 6.07 Å². The molecule has 3 rings (SSSR count).